The molecule has 0 aliphatic rings. The summed E-state index contributed by atoms with van der Waals surface area (Å²) < 4.78 is 0. The van der Waals surface area contributed by atoms with Crippen LogP contribution in [0.1, 0.15) is 104 Å². The molecule has 0 aromatic heterocycles. The summed E-state index contributed by atoms with van der Waals surface area (Å²) >= 11 is 0. The van der Waals surface area contributed by atoms with Crippen molar-refractivity contribution in [3.05, 3.63) is 0 Å². The van der Waals surface area contributed by atoms with E-state index in [1.165, 1.54) is 25.7 Å². The normalized spacial score (nSPS) is 10.6. The average molecular weight is 393 g/mol. The molecule has 0 aromatic rings. The van der Waals surface area contributed by atoms with Crippen LogP contribution in [-0.4, -0.2) is 103 Å². The Morgan fingerprint density at radius 3 is 1.20 bits per heavy atom. The quantitative estimate of drug-likeness (QED) is 0.233. The van der Waals surface area contributed by atoms with Crippen molar-refractivity contribution >= 4 is 92.9 Å². The summed E-state index contributed by atoms with van der Waals surface area (Å²) in [4.78, 5) is 23.2. The van der Waals surface area contributed by atoms with E-state index in [4.69, 9.17) is 0 Å². The maximum atomic E-state index is 11.6. The van der Waals surface area contributed by atoms with Crippen LogP contribution in [0, 0.1) is 5.41 Å². The predicted molar refractivity (Wildman–Crippen MR) is 108 cm³/mol. The van der Waals surface area contributed by atoms with Gasteiger partial charge in [0.1, 0.15) is 0 Å². The number of hydrogen-bond acceptors (Lipinski definition) is 2. The van der Waals surface area contributed by atoms with E-state index >= 15 is 0 Å². The number of carbonyl (C=O) groups is 2. The zero-order chi connectivity index (χ0) is 17.6. The van der Waals surface area contributed by atoms with Crippen molar-refractivity contribution in [2.24, 2.45) is 5.41 Å². The molecule has 0 atom stereocenters. The Morgan fingerprint density at radius 2 is 0.920 bits per heavy atom. The molecule has 0 saturated heterocycles. The summed E-state index contributed by atoms with van der Waals surface area (Å²) in [7, 11) is 0. The SMILES string of the molecule is CCCCCCCCC(CCCCCCCC)(C(=O)O)C(=O)O.[KH].[NaH]. The standard InChI is InChI=1S/C19H36O4.K.Na.2H/c1-3-5-7-9-11-13-15-19(17(20)21,18(22)23)16-14-12-10-8-6-4-2;;;;/h3-16H2,1-2H3,(H,20,21)(H,22,23);;;;. The molecule has 0 aliphatic carbocycles. The molecule has 0 rings (SSSR count). The first-order chi connectivity index (χ1) is 11.0. The molecular formula is C19H38KNaO4. The fourth-order valence-electron chi connectivity index (χ4n) is 3.06. The zero-order valence-electron chi connectivity index (χ0n) is 15.1. The van der Waals surface area contributed by atoms with Crippen LogP contribution in [0.15, 0.2) is 0 Å². The number of carboxylic acids is 2. The molecule has 0 unspecified atom stereocenters. The van der Waals surface area contributed by atoms with E-state index in [0.717, 1.165) is 38.5 Å². The van der Waals surface area contributed by atoms with Crippen LogP contribution in [0.4, 0.5) is 0 Å². The Hall–Kier alpha value is 1.58. The summed E-state index contributed by atoms with van der Waals surface area (Å²) in [6, 6.07) is 0. The fourth-order valence-corrected chi connectivity index (χ4v) is 3.06. The number of carboxylic acid groups (broad SMARTS) is 2. The first-order valence-corrected chi connectivity index (χ1v) is 9.48. The van der Waals surface area contributed by atoms with Crippen molar-refractivity contribution in [3.8, 4) is 0 Å². The van der Waals surface area contributed by atoms with Crippen LogP contribution in [-0.2, 0) is 9.59 Å². The second-order valence-corrected chi connectivity index (χ2v) is 6.73. The maximum absolute atomic E-state index is 11.6. The van der Waals surface area contributed by atoms with Gasteiger partial charge in [0.2, 0.25) is 0 Å². The minimum atomic E-state index is -1.57. The van der Waals surface area contributed by atoms with Gasteiger partial charge in [-0.1, -0.05) is 90.9 Å². The monoisotopic (exact) mass is 392 g/mol. The van der Waals surface area contributed by atoms with Gasteiger partial charge in [0, 0.05) is 0 Å². The summed E-state index contributed by atoms with van der Waals surface area (Å²) in [6.45, 7) is 4.31. The van der Waals surface area contributed by atoms with Gasteiger partial charge in [-0.15, -0.1) is 0 Å². The predicted octanol–water partition coefficient (Wildman–Crippen LogP) is 4.35. The van der Waals surface area contributed by atoms with Crippen LogP contribution in [0.3, 0.4) is 0 Å². The first kappa shape index (κ1) is 31.3. The van der Waals surface area contributed by atoms with Gasteiger partial charge in [-0.25, -0.2) is 0 Å². The molecule has 0 bridgehead atoms. The Morgan fingerprint density at radius 1 is 0.640 bits per heavy atom. The third-order valence-electron chi connectivity index (χ3n) is 4.73. The number of rotatable bonds is 16. The summed E-state index contributed by atoms with van der Waals surface area (Å²) in [6.07, 6.45) is 13.0. The van der Waals surface area contributed by atoms with Gasteiger partial charge >= 0.3 is 92.9 Å². The van der Waals surface area contributed by atoms with Gasteiger partial charge in [-0.05, 0) is 12.8 Å². The molecule has 0 heterocycles. The molecule has 0 aromatic carbocycles. The topological polar surface area (TPSA) is 74.6 Å². The van der Waals surface area contributed by atoms with Gasteiger partial charge in [0.15, 0.2) is 5.41 Å². The van der Waals surface area contributed by atoms with Gasteiger partial charge in [-0.2, -0.15) is 0 Å². The van der Waals surface area contributed by atoms with Gasteiger partial charge in [0.05, 0.1) is 0 Å². The number of unbranched alkanes of at least 4 members (excludes halogenated alkanes) is 10. The second-order valence-electron chi connectivity index (χ2n) is 6.73. The Bertz CT molecular complexity index is 305. The molecule has 0 saturated carbocycles. The molecule has 6 heteroatoms. The van der Waals surface area contributed by atoms with Crippen LogP contribution < -0.4 is 0 Å². The Kier molecular flexibility index (Phi) is 25.4. The van der Waals surface area contributed by atoms with E-state index in [9.17, 15) is 19.8 Å². The Balaban J connectivity index is -0.00000242. The molecule has 0 spiro atoms. The van der Waals surface area contributed by atoms with Crippen LogP contribution in [0.5, 0.6) is 0 Å². The van der Waals surface area contributed by atoms with E-state index in [1.807, 2.05) is 0 Å². The van der Waals surface area contributed by atoms with Crippen molar-refractivity contribution in [1.82, 2.24) is 0 Å². The minimum absolute atomic E-state index is 0. The van der Waals surface area contributed by atoms with E-state index in [0.29, 0.717) is 12.8 Å². The van der Waals surface area contributed by atoms with Crippen LogP contribution in [0.2, 0.25) is 0 Å². The summed E-state index contributed by atoms with van der Waals surface area (Å²) in [5.41, 5.74) is -1.57. The van der Waals surface area contributed by atoms with Crippen molar-refractivity contribution in [1.29, 1.82) is 0 Å². The van der Waals surface area contributed by atoms with Crippen molar-refractivity contribution in [2.45, 2.75) is 104 Å². The van der Waals surface area contributed by atoms with Gasteiger partial charge in [-0.3, -0.25) is 9.59 Å². The Labute approximate surface area is 219 Å². The second kappa shape index (κ2) is 20.3. The molecule has 0 radical (unpaired) electrons. The number of aliphatic carboxylic acids is 2. The first-order valence-electron chi connectivity index (χ1n) is 9.48. The molecule has 2 N–H and O–H groups in total. The fraction of sp³-hybridized carbons (Fsp3) is 0.895. The summed E-state index contributed by atoms with van der Waals surface area (Å²) in [5.74, 6) is -2.32. The van der Waals surface area contributed by atoms with E-state index in [1.54, 1.807) is 0 Å². The van der Waals surface area contributed by atoms with Gasteiger partial charge < -0.3 is 10.2 Å². The molecule has 0 fully saturated rings. The molecule has 4 nitrogen and oxygen atoms in total. The van der Waals surface area contributed by atoms with Gasteiger partial charge in [0.25, 0.3) is 0 Å². The zero-order valence-corrected chi connectivity index (χ0v) is 15.1. The third kappa shape index (κ3) is 14.3. The van der Waals surface area contributed by atoms with Crippen molar-refractivity contribution in [3.63, 3.8) is 0 Å². The summed E-state index contributed by atoms with van der Waals surface area (Å²) in [5, 5.41) is 19.0. The molecule has 0 amide bonds. The molecule has 0 aliphatic heterocycles. The van der Waals surface area contributed by atoms with E-state index < -0.39 is 17.4 Å². The third-order valence-corrected chi connectivity index (χ3v) is 4.73. The van der Waals surface area contributed by atoms with Crippen molar-refractivity contribution in [2.75, 3.05) is 0 Å². The molecule has 140 valence electrons. The van der Waals surface area contributed by atoms with E-state index in [2.05, 4.69) is 13.8 Å². The van der Waals surface area contributed by atoms with Crippen molar-refractivity contribution < 1.29 is 19.8 Å². The molecule has 25 heavy (non-hydrogen) atoms. The number of hydrogen-bond donors (Lipinski definition) is 2. The average Bonchev–Trinajstić information content (AvgIpc) is 2.51. The molecular weight excluding hydrogens is 354 g/mol. The van der Waals surface area contributed by atoms with Crippen LogP contribution in [0.25, 0.3) is 0 Å². The van der Waals surface area contributed by atoms with Crippen LogP contribution >= 0.6 is 0 Å². The van der Waals surface area contributed by atoms with E-state index in [-0.39, 0.29) is 93.8 Å².